The van der Waals surface area contributed by atoms with Gasteiger partial charge in [0, 0.05) is 16.8 Å². The fourth-order valence-corrected chi connectivity index (χ4v) is 2.60. The summed E-state index contributed by atoms with van der Waals surface area (Å²) in [5, 5.41) is 3.95. The summed E-state index contributed by atoms with van der Waals surface area (Å²) in [4.78, 5) is 0. The molecular weight excluding hydrogens is 234 g/mol. The predicted octanol–water partition coefficient (Wildman–Crippen LogP) is 2.78. The van der Waals surface area contributed by atoms with E-state index in [9.17, 15) is 0 Å². The van der Waals surface area contributed by atoms with Gasteiger partial charge in [-0.05, 0) is 17.7 Å². The van der Waals surface area contributed by atoms with Gasteiger partial charge in [0.2, 0.25) is 0 Å². The van der Waals surface area contributed by atoms with E-state index in [1.165, 1.54) is 11.3 Å². The van der Waals surface area contributed by atoms with Gasteiger partial charge in [-0.1, -0.05) is 28.1 Å². The second-order valence-electron chi connectivity index (χ2n) is 2.76. The zero-order valence-corrected chi connectivity index (χ0v) is 8.99. The lowest BCUT2D eigenvalue weighted by Crippen LogP contribution is -2.11. The molecule has 0 spiro atoms. The third-order valence-corrected chi connectivity index (χ3v) is 3.63. The van der Waals surface area contributed by atoms with Gasteiger partial charge < -0.3 is 5.32 Å². The maximum Gasteiger partial charge on any atom is 0.0790 e. The van der Waals surface area contributed by atoms with Crippen LogP contribution in [-0.4, -0.2) is 12.3 Å². The SMILES string of the molecule is Brc1ccc([C@H]2NCCS2)cc1. The van der Waals surface area contributed by atoms with E-state index in [4.69, 9.17) is 0 Å². The first-order valence-electron chi connectivity index (χ1n) is 3.97. The molecule has 1 aromatic rings. The second-order valence-corrected chi connectivity index (χ2v) is 4.89. The van der Waals surface area contributed by atoms with Crippen LogP contribution in [0.15, 0.2) is 28.7 Å². The van der Waals surface area contributed by atoms with Gasteiger partial charge in [-0.3, -0.25) is 0 Å². The first-order chi connectivity index (χ1) is 5.86. The first-order valence-corrected chi connectivity index (χ1v) is 5.81. The topological polar surface area (TPSA) is 12.0 Å². The van der Waals surface area contributed by atoms with Crippen LogP contribution >= 0.6 is 27.7 Å². The molecule has 1 aliphatic rings. The molecule has 64 valence electrons. The number of thioether (sulfide) groups is 1. The summed E-state index contributed by atoms with van der Waals surface area (Å²) in [6, 6.07) is 8.52. The Labute approximate surface area is 85.1 Å². The predicted molar refractivity (Wildman–Crippen MR) is 57.3 cm³/mol. The first kappa shape index (κ1) is 8.60. The van der Waals surface area contributed by atoms with E-state index in [2.05, 4.69) is 45.5 Å². The van der Waals surface area contributed by atoms with E-state index in [0.29, 0.717) is 5.37 Å². The van der Waals surface area contributed by atoms with Gasteiger partial charge >= 0.3 is 0 Å². The van der Waals surface area contributed by atoms with Crippen LogP contribution in [0.2, 0.25) is 0 Å². The molecule has 1 aliphatic heterocycles. The average Bonchev–Trinajstić information content (AvgIpc) is 2.58. The normalized spacial score (nSPS) is 22.9. The molecule has 2 rings (SSSR count). The van der Waals surface area contributed by atoms with E-state index in [1.54, 1.807) is 0 Å². The molecule has 3 heteroatoms. The van der Waals surface area contributed by atoms with Crippen LogP contribution < -0.4 is 5.32 Å². The molecule has 1 nitrogen and oxygen atoms in total. The highest BCUT2D eigenvalue weighted by molar-refractivity contribution is 9.10. The number of hydrogen-bond donors (Lipinski definition) is 1. The van der Waals surface area contributed by atoms with Crippen LogP contribution in [0.4, 0.5) is 0 Å². The molecule has 0 aliphatic carbocycles. The Bertz CT molecular complexity index is 254. The minimum atomic E-state index is 0.512. The molecule has 1 heterocycles. The van der Waals surface area contributed by atoms with Gasteiger partial charge in [0.15, 0.2) is 0 Å². The number of nitrogens with one attached hydrogen (secondary N) is 1. The molecule has 0 bridgehead atoms. The van der Waals surface area contributed by atoms with Crippen LogP contribution in [0, 0.1) is 0 Å². The van der Waals surface area contributed by atoms with Crippen LogP contribution in [0.5, 0.6) is 0 Å². The zero-order chi connectivity index (χ0) is 8.39. The van der Waals surface area contributed by atoms with Gasteiger partial charge in [0.05, 0.1) is 5.37 Å². The molecule has 0 unspecified atom stereocenters. The van der Waals surface area contributed by atoms with Crippen molar-refractivity contribution in [1.82, 2.24) is 5.32 Å². The van der Waals surface area contributed by atoms with Crippen molar-refractivity contribution in [2.45, 2.75) is 5.37 Å². The Hall–Kier alpha value is 0.01000. The molecule has 0 amide bonds. The van der Waals surface area contributed by atoms with Crippen LogP contribution in [0.1, 0.15) is 10.9 Å². The highest BCUT2D eigenvalue weighted by atomic mass is 79.9. The molecule has 0 saturated carbocycles. The van der Waals surface area contributed by atoms with E-state index in [0.717, 1.165) is 11.0 Å². The highest BCUT2D eigenvalue weighted by Crippen LogP contribution is 2.30. The zero-order valence-electron chi connectivity index (χ0n) is 6.59. The monoisotopic (exact) mass is 243 g/mol. The van der Waals surface area contributed by atoms with Gasteiger partial charge in [-0.15, -0.1) is 11.8 Å². The second kappa shape index (κ2) is 3.81. The lowest BCUT2D eigenvalue weighted by Gasteiger charge is -2.08. The van der Waals surface area contributed by atoms with Crippen LogP contribution in [0.3, 0.4) is 0 Å². The summed E-state index contributed by atoms with van der Waals surface area (Å²) >= 11 is 5.40. The van der Waals surface area contributed by atoms with E-state index >= 15 is 0 Å². The summed E-state index contributed by atoms with van der Waals surface area (Å²) in [5.41, 5.74) is 1.38. The third-order valence-electron chi connectivity index (χ3n) is 1.89. The molecule has 1 fully saturated rings. The van der Waals surface area contributed by atoms with Crippen molar-refractivity contribution < 1.29 is 0 Å². The average molecular weight is 244 g/mol. The highest BCUT2D eigenvalue weighted by Gasteiger charge is 2.15. The molecule has 0 radical (unpaired) electrons. The molecular formula is C9H10BrNS. The third kappa shape index (κ3) is 1.84. The minimum Gasteiger partial charge on any atom is -0.301 e. The van der Waals surface area contributed by atoms with Crippen LogP contribution in [0.25, 0.3) is 0 Å². The van der Waals surface area contributed by atoms with Gasteiger partial charge in [0.1, 0.15) is 0 Å². The van der Waals surface area contributed by atoms with Crippen molar-refractivity contribution in [2.75, 3.05) is 12.3 Å². The molecule has 1 saturated heterocycles. The number of hydrogen-bond acceptors (Lipinski definition) is 2. The Morgan fingerprint density at radius 3 is 2.67 bits per heavy atom. The van der Waals surface area contributed by atoms with Gasteiger partial charge in [-0.2, -0.15) is 0 Å². The summed E-state index contributed by atoms with van der Waals surface area (Å²) in [6.07, 6.45) is 0. The summed E-state index contributed by atoms with van der Waals surface area (Å²) in [5.74, 6) is 1.22. The van der Waals surface area contributed by atoms with E-state index in [1.807, 2.05) is 11.8 Å². The fourth-order valence-electron chi connectivity index (χ4n) is 1.28. The Kier molecular flexibility index (Phi) is 2.73. The van der Waals surface area contributed by atoms with Gasteiger partial charge in [0.25, 0.3) is 0 Å². The van der Waals surface area contributed by atoms with Crippen molar-refractivity contribution in [2.24, 2.45) is 0 Å². The lowest BCUT2D eigenvalue weighted by molar-refractivity contribution is 0.751. The Morgan fingerprint density at radius 2 is 2.08 bits per heavy atom. The maximum atomic E-state index is 3.44. The van der Waals surface area contributed by atoms with E-state index < -0.39 is 0 Å². The molecule has 0 aromatic heterocycles. The summed E-state index contributed by atoms with van der Waals surface area (Å²) in [7, 11) is 0. The quantitative estimate of drug-likeness (QED) is 0.815. The number of benzene rings is 1. The van der Waals surface area contributed by atoms with Crippen LogP contribution in [-0.2, 0) is 0 Å². The maximum absolute atomic E-state index is 3.44. The molecule has 12 heavy (non-hydrogen) atoms. The lowest BCUT2D eigenvalue weighted by atomic mass is 10.2. The van der Waals surface area contributed by atoms with Crippen molar-refractivity contribution in [1.29, 1.82) is 0 Å². The Morgan fingerprint density at radius 1 is 1.33 bits per heavy atom. The standard InChI is InChI=1S/C9H10BrNS/c10-8-3-1-7(2-4-8)9-11-5-6-12-9/h1-4,9,11H,5-6H2/t9-/m0/s1. The summed E-state index contributed by atoms with van der Waals surface area (Å²) in [6.45, 7) is 1.13. The van der Waals surface area contributed by atoms with E-state index in [-0.39, 0.29) is 0 Å². The van der Waals surface area contributed by atoms with Crippen molar-refractivity contribution in [3.63, 3.8) is 0 Å². The largest absolute Gasteiger partial charge is 0.301 e. The number of rotatable bonds is 1. The summed E-state index contributed by atoms with van der Waals surface area (Å²) < 4.78 is 1.15. The fraction of sp³-hybridized carbons (Fsp3) is 0.333. The molecule has 1 aromatic carbocycles. The molecule has 1 atom stereocenters. The minimum absolute atomic E-state index is 0.512. The van der Waals surface area contributed by atoms with Crippen molar-refractivity contribution >= 4 is 27.7 Å². The molecule has 1 N–H and O–H groups in total. The smallest absolute Gasteiger partial charge is 0.0790 e. The van der Waals surface area contributed by atoms with Crippen molar-refractivity contribution in [3.8, 4) is 0 Å². The Balaban J connectivity index is 2.17. The number of halogens is 1. The van der Waals surface area contributed by atoms with Gasteiger partial charge in [-0.25, -0.2) is 0 Å². The van der Waals surface area contributed by atoms with Crippen molar-refractivity contribution in [3.05, 3.63) is 34.3 Å².